The Morgan fingerprint density at radius 2 is 1.60 bits per heavy atom. The molecule has 40 heavy (non-hydrogen) atoms. The lowest BCUT2D eigenvalue weighted by molar-refractivity contribution is -0.115. The fourth-order valence-electron chi connectivity index (χ4n) is 4.85. The number of hydrogen-bond donors (Lipinski definition) is 1. The van der Waals surface area contributed by atoms with Gasteiger partial charge in [-0.3, -0.25) is 4.79 Å². The summed E-state index contributed by atoms with van der Waals surface area (Å²) in [5.74, 6) is 1.57. The number of carbonyl (C=O) groups is 1. The number of rotatable bonds is 19. The first-order valence-corrected chi connectivity index (χ1v) is 16.3. The number of ether oxygens (including phenoxy) is 1. The van der Waals surface area contributed by atoms with Gasteiger partial charge in [0, 0.05) is 17.9 Å². The lowest BCUT2D eigenvalue weighted by Crippen LogP contribution is -2.20. The molecule has 0 bridgehead atoms. The average molecular weight is 652 g/mol. The van der Waals surface area contributed by atoms with Crippen LogP contribution in [0.25, 0.3) is 0 Å². The summed E-state index contributed by atoms with van der Waals surface area (Å²) in [7, 11) is 0. The largest absolute Gasteiger partial charge is 0.492 e. The first-order valence-electron chi connectivity index (χ1n) is 14.9. The van der Waals surface area contributed by atoms with Crippen LogP contribution in [0.2, 0.25) is 5.02 Å². The molecule has 3 rings (SSSR count). The van der Waals surface area contributed by atoms with Gasteiger partial charge in [0.2, 0.25) is 5.91 Å². The fourth-order valence-corrected chi connectivity index (χ4v) is 5.97. The van der Waals surface area contributed by atoms with Gasteiger partial charge in [-0.15, -0.1) is 28.7 Å². The third kappa shape index (κ3) is 12.9. The quantitative estimate of drug-likeness (QED) is 0.154. The van der Waals surface area contributed by atoms with E-state index in [-0.39, 0.29) is 29.3 Å². The van der Waals surface area contributed by atoms with E-state index in [4.69, 9.17) is 16.3 Å². The minimum atomic E-state index is -0.0419. The van der Waals surface area contributed by atoms with Gasteiger partial charge < -0.3 is 15.0 Å². The molecular formula is C33H48BrClN2O2S. The van der Waals surface area contributed by atoms with E-state index in [1.807, 2.05) is 36.4 Å². The highest BCUT2D eigenvalue weighted by Crippen LogP contribution is 2.28. The van der Waals surface area contributed by atoms with Crippen LogP contribution in [0.4, 0.5) is 5.69 Å². The predicted molar refractivity (Wildman–Crippen MR) is 179 cm³/mol. The smallest absolute Gasteiger partial charge is 0.228 e. The molecular weight excluding hydrogens is 604 g/mol. The number of carbonyl (C=O) groups excluding carboxylic acids is 1. The predicted octanol–water partition coefficient (Wildman–Crippen LogP) is 10.5. The molecule has 0 atom stereocenters. The third-order valence-electron chi connectivity index (χ3n) is 7.25. The molecule has 0 saturated heterocycles. The van der Waals surface area contributed by atoms with Crippen LogP contribution >= 0.6 is 40.3 Å². The molecule has 0 radical (unpaired) electrons. The van der Waals surface area contributed by atoms with Crippen molar-refractivity contribution in [2.45, 2.75) is 104 Å². The molecule has 222 valence electrons. The van der Waals surface area contributed by atoms with E-state index in [1.54, 1.807) is 11.8 Å². The number of allylic oxidation sites excluding steroid dienone is 1. The second kappa shape index (κ2) is 20.3. The number of halogens is 2. The van der Waals surface area contributed by atoms with E-state index in [9.17, 15) is 4.79 Å². The Morgan fingerprint density at radius 3 is 2.25 bits per heavy atom. The number of benzene rings is 2. The van der Waals surface area contributed by atoms with Gasteiger partial charge in [-0.1, -0.05) is 113 Å². The summed E-state index contributed by atoms with van der Waals surface area (Å²) >= 11 is 8.19. The summed E-state index contributed by atoms with van der Waals surface area (Å²) in [6.45, 7) is 5.83. The highest BCUT2D eigenvalue weighted by Gasteiger charge is 2.15. The van der Waals surface area contributed by atoms with Crippen LogP contribution in [0, 0.1) is 0 Å². The van der Waals surface area contributed by atoms with Crippen molar-refractivity contribution in [3.05, 3.63) is 69.7 Å². The Balaban J connectivity index is 0.00000560. The van der Waals surface area contributed by atoms with E-state index in [0.717, 1.165) is 35.7 Å². The monoisotopic (exact) mass is 650 g/mol. The van der Waals surface area contributed by atoms with Crippen molar-refractivity contribution in [1.29, 1.82) is 0 Å². The van der Waals surface area contributed by atoms with E-state index in [2.05, 4.69) is 35.5 Å². The van der Waals surface area contributed by atoms with Crippen molar-refractivity contribution >= 4 is 51.9 Å². The number of amides is 1. The molecule has 0 saturated carbocycles. The molecule has 2 aromatic rings. The summed E-state index contributed by atoms with van der Waals surface area (Å²) in [5.41, 5.74) is 4.14. The number of nitrogens with one attached hydrogen (secondary N) is 1. The maximum Gasteiger partial charge on any atom is 0.228 e. The fraction of sp³-hybridized carbons (Fsp3) is 0.545. The zero-order chi connectivity index (χ0) is 27.7. The van der Waals surface area contributed by atoms with E-state index >= 15 is 0 Å². The summed E-state index contributed by atoms with van der Waals surface area (Å²) in [6, 6.07) is 13.7. The molecule has 4 nitrogen and oxygen atoms in total. The van der Waals surface area contributed by atoms with Gasteiger partial charge in [-0.2, -0.15) is 0 Å². The standard InChI is InChI=1S/C33H47ClN2O2S.BrH/c1-3-4-5-6-7-8-9-10-11-12-13-16-21-38-32-22-28(19-20-30(32)34)23-33(37)35-31-18-15-14-17-29(31)24-36-26-39-25-27(36)2;/h14-15,17-20,22,25H,3-13,16,21,23-24,26H2,1-2H3,(H,35,37);1H. The van der Waals surface area contributed by atoms with Gasteiger partial charge in [0.05, 0.1) is 23.9 Å². The van der Waals surface area contributed by atoms with Crippen LogP contribution in [0.5, 0.6) is 5.75 Å². The Labute approximate surface area is 262 Å². The number of para-hydroxylation sites is 1. The van der Waals surface area contributed by atoms with Crippen molar-refractivity contribution in [3.63, 3.8) is 0 Å². The van der Waals surface area contributed by atoms with Crippen LogP contribution in [-0.4, -0.2) is 23.3 Å². The molecule has 1 aliphatic heterocycles. The minimum absolute atomic E-state index is 0. The number of unbranched alkanes of at least 4 members (excludes halogenated alkanes) is 11. The minimum Gasteiger partial charge on any atom is -0.492 e. The van der Waals surface area contributed by atoms with E-state index < -0.39 is 0 Å². The molecule has 1 aliphatic rings. The number of hydrogen-bond acceptors (Lipinski definition) is 4. The summed E-state index contributed by atoms with van der Waals surface area (Å²) in [6.07, 6.45) is 16.1. The number of thioether (sulfide) groups is 1. The topological polar surface area (TPSA) is 41.6 Å². The van der Waals surface area contributed by atoms with Crippen molar-refractivity contribution in [3.8, 4) is 5.75 Å². The van der Waals surface area contributed by atoms with Crippen LogP contribution in [0.15, 0.2) is 53.6 Å². The van der Waals surface area contributed by atoms with Crippen molar-refractivity contribution in [1.82, 2.24) is 4.90 Å². The maximum atomic E-state index is 12.9. The highest BCUT2D eigenvalue weighted by molar-refractivity contribution is 8.93. The van der Waals surface area contributed by atoms with E-state index in [1.165, 1.54) is 76.3 Å². The van der Waals surface area contributed by atoms with Crippen LogP contribution in [-0.2, 0) is 17.8 Å². The van der Waals surface area contributed by atoms with Gasteiger partial charge in [-0.05, 0) is 48.1 Å². The normalized spacial score (nSPS) is 12.7. The maximum absolute atomic E-state index is 12.9. The SMILES string of the molecule is Br.CCCCCCCCCCCCCCOc1cc(CC(=O)Nc2ccccc2CN2CSC=C2C)ccc1Cl. The third-order valence-corrected chi connectivity index (χ3v) is 8.53. The summed E-state index contributed by atoms with van der Waals surface area (Å²) in [4.78, 5) is 15.2. The molecule has 0 fully saturated rings. The summed E-state index contributed by atoms with van der Waals surface area (Å²) in [5, 5.41) is 5.88. The number of nitrogens with zero attached hydrogens (tertiary/aromatic N) is 1. The Hall–Kier alpha value is -1.63. The molecule has 1 heterocycles. The van der Waals surface area contributed by atoms with Gasteiger partial charge in [-0.25, -0.2) is 0 Å². The second-order valence-electron chi connectivity index (χ2n) is 10.6. The first-order chi connectivity index (χ1) is 19.1. The molecule has 0 aromatic heterocycles. The first kappa shape index (κ1) is 34.6. The average Bonchev–Trinajstić information content (AvgIpc) is 3.33. The molecule has 7 heteroatoms. The lowest BCUT2D eigenvalue weighted by atomic mass is 10.1. The zero-order valence-corrected chi connectivity index (χ0v) is 27.7. The summed E-state index contributed by atoms with van der Waals surface area (Å²) < 4.78 is 6.00. The molecule has 0 unspecified atom stereocenters. The van der Waals surface area contributed by atoms with Crippen LogP contribution in [0.1, 0.15) is 102 Å². The van der Waals surface area contributed by atoms with Crippen molar-refractivity contribution in [2.24, 2.45) is 0 Å². The lowest BCUT2D eigenvalue weighted by Gasteiger charge is -2.21. The van der Waals surface area contributed by atoms with E-state index in [0.29, 0.717) is 17.4 Å². The zero-order valence-electron chi connectivity index (χ0n) is 24.4. The highest BCUT2D eigenvalue weighted by atomic mass is 79.9. The molecule has 2 aromatic carbocycles. The Morgan fingerprint density at radius 1 is 0.950 bits per heavy atom. The van der Waals surface area contributed by atoms with Gasteiger partial charge in [0.25, 0.3) is 0 Å². The van der Waals surface area contributed by atoms with Gasteiger partial charge in [0.1, 0.15) is 5.75 Å². The van der Waals surface area contributed by atoms with Crippen molar-refractivity contribution < 1.29 is 9.53 Å². The van der Waals surface area contributed by atoms with Crippen LogP contribution in [0.3, 0.4) is 0 Å². The molecule has 0 spiro atoms. The molecule has 1 N–H and O–H groups in total. The number of anilines is 1. The molecule has 1 amide bonds. The Kier molecular flexibility index (Phi) is 17.5. The molecule has 0 aliphatic carbocycles. The Bertz CT molecular complexity index is 1050. The van der Waals surface area contributed by atoms with Gasteiger partial charge in [0.15, 0.2) is 0 Å². The van der Waals surface area contributed by atoms with Crippen molar-refractivity contribution in [2.75, 3.05) is 17.8 Å². The van der Waals surface area contributed by atoms with Crippen LogP contribution < -0.4 is 10.1 Å². The second-order valence-corrected chi connectivity index (χ2v) is 11.9. The van der Waals surface area contributed by atoms with Gasteiger partial charge >= 0.3 is 0 Å².